The largest absolute Gasteiger partial charge is 0.451 e. The molecule has 1 amide bonds. The Kier molecular flexibility index (Phi) is 5.58. The van der Waals surface area contributed by atoms with Crippen molar-refractivity contribution in [2.75, 3.05) is 13.7 Å². The van der Waals surface area contributed by atoms with E-state index < -0.39 is 5.97 Å². The molecule has 1 saturated carbocycles. The third kappa shape index (κ3) is 4.43. The van der Waals surface area contributed by atoms with Crippen molar-refractivity contribution in [2.24, 2.45) is 5.92 Å². The summed E-state index contributed by atoms with van der Waals surface area (Å²) in [5.41, 5.74) is 0.592. The molecule has 0 spiro atoms. The van der Waals surface area contributed by atoms with Crippen molar-refractivity contribution in [2.45, 2.75) is 45.6 Å². The Balaban J connectivity index is 1.83. The van der Waals surface area contributed by atoms with Gasteiger partial charge in [0.05, 0.1) is 0 Å². The quantitative estimate of drug-likeness (QED) is 0.667. The summed E-state index contributed by atoms with van der Waals surface area (Å²) in [7, 11) is 1.76. The van der Waals surface area contributed by atoms with Crippen LogP contribution in [-0.4, -0.2) is 47.2 Å². The number of aromatic nitrogens is 1. The lowest BCUT2D eigenvalue weighted by Gasteiger charge is -2.33. The number of rotatable bonds is 5. The number of nitrogens with zero attached hydrogens (tertiary/aromatic N) is 1. The van der Waals surface area contributed by atoms with Crippen LogP contribution < -0.4 is 0 Å². The topological polar surface area (TPSA) is 79.5 Å². The molecule has 2 rings (SSSR count). The van der Waals surface area contributed by atoms with Crippen molar-refractivity contribution in [3.8, 4) is 0 Å². The summed E-state index contributed by atoms with van der Waals surface area (Å²) in [6.45, 7) is 3.36. The smallest absolute Gasteiger partial charge is 0.355 e. The zero-order valence-electron chi connectivity index (χ0n) is 13.9. The van der Waals surface area contributed by atoms with E-state index in [0.717, 1.165) is 31.6 Å². The summed E-state index contributed by atoms with van der Waals surface area (Å²) >= 11 is 0. The standard InChI is InChI=1S/C17H24N2O4/c1-11-4-6-14(7-5-11)19(3)16(21)10-23-17(22)15-8-13(9-18-15)12(2)20/h8-9,11,14,18H,4-7,10H2,1-3H3. The molecule has 23 heavy (non-hydrogen) atoms. The van der Waals surface area contributed by atoms with Gasteiger partial charge in [0.15, 0.2) is 12.4 Å². The van der Waals surface area contributed by atoms with Gasteiger partial charge in [0, 0.05) is 24.8 Å². The van der Waals surface area contributed by atoms with Crippen LogP contribution in [0.25, 0.3) is 0 Å². The predicted molar refractivity (Wildman–Crippen MR) is 85.3 cm³/mol. The lowest BCUT2D eigenvalue weighted by molar-refractivity contribution is -0.136. The van der Waals surface area contributed by atoms with Crippen LogP contribution >= 0.6 is 0 Å². The van der Waals surface area contributed by atoms with Crippen LogP contribution in [0, 0.1) is 5.92 Å². The van der Waals surface area contributed by atoms with E-state index in [4.69, 9.17) is 4.74 Å². The molecule has 0 bridgehead atoms. The number of ether oxygens (including phenoxy) is 1. The second kappa shape index (κ2) is 7.44. The average molecular weight is 320 g/mol. The van der Waals surface area contributed by atoms with Gasteiger partial charge in [0.1, 0.15) is 5.69 Å². The molecule has 126 valence electrons. The number of likely N-dealkylation sites (N-methyl/N-ethyl adjacent to an activating group) is 1. The first-order chi connectivity index (χ1) is 10.9. The van der Waals surface area contributed by atoms with Crippen LogP contribution in [0.5, 0.6) is 0 Å². The highest BCUT2D eigenvalue weighted by molar-refractivity contribution is 5.97. The Hall–Kier alpha value is -2.11. The first kappa shape index (κ1) is 17.2. The van der Waals surface area contributed by atoms with E-state index in [0.29, 0.717) is 5.56 Å². The summed E-state index contributed by atoms with van der Waals surface area (Å²) < 4.78 is 5.04. The summed E-state index contributed by atoms with van der Waals surface area (Å²) in [6.07, 6.45) is 5.69. The van der Waals surface area contributed by atoms with E-state index in [1.807, 2.05) is 0 Å². The minimum Gasteiger partial charge on any atom is -0.451 e. The Bertz CT molecular complexity index is 585. The number of amides is 1. The van der Waals surface area contributed by atoms with Crippen LogP contribution in [0.4, 0.5) is 0 Å². The van der Waals surface area contributed by atoms with E-state index >= 15 is 0 Å². The number of aromatic amines is 1. The van der Waals surface area contributed by atoms with E-state index in [9.17, 15) is 14.4 Å². The zero-order chi connectivity index (χ0) is 17.0. The van der Waals surface area contributed by atoms with Gasteiger partial charge in [-0.05, 0) is 44.6 Å². The van der Waals surface area contributed by atoms with E-state index in [1.54, 1.807) is 11.9 Å². The van der Waals surface area contributed by atoms with E-state index in [-0.39, 0.29) is 30.0 Å². The van der Waals surface area contributed by atoms with Gasteiger partial charge in [-0.3, -0.25) is 9.59 Å². The number of carbonyl (C=O) groups is 3. The monoisotopic (exact) mass is 320 g/mol. The second-order valence-electron chi connectivity index (χ2n) is 6.35. The Morgan fingerprint density at radius 1 is 1.26 bits per heavy atom. The van der Waals surface area contributed by atoms with Crippen molar-refractivity contribution in [1.82, 2.24) is 9.88 Å². The molecule has 1 aliphatic carbocycles. The maximum absolute atomic E-state index is 12.2. The van der Waals surface area contributed by atoms with Crippen molar-refractivity contribution >= 4 is 17.7 Å². The first-order valence-corrected chi connectivity index (χ1v) is 8.00. The van der Waals surface area contributed by atoms with Gasteiger partial charge in [-0.2, -0.15) is 0 Å². The zero-order valence-corrected chi connectivity index (χ0v) is 13.9. The van der Waals surface area contributed by atoms with E-state index in [1.165, 1.54) is 19.2 Å². The normalized spacial score (nSPS) is 20.8. The number of Topliss-reactive ketones (excluding diaryl/α,β-unsaturated/α-hetero) is 1. The molecule has 0 aliphatic heterocycles. The molecule has 1 aromatic heterocycles. The molecular formula is C17H24N2O4. The molecule has 0 radical (unpaired) electrons. The van der Waals surface area contributed by atoms with Gasteiger partial charge >= 0.3 is 5.97 Å². The number of hydrogen-bond acceptors (Lipinski definition) is 4. The number of nitrogens with one attached hydrogen (secondary N) is 1. The van der Waals surface area contributed by atoms with Crippen molar-refractivity contribution in [3.63, 3.8) is 0 Å². The van der Waals surface area contributed by atoms with Crippen LogP contribution in [-0.2, 0) is 9.53 Å². The van der Waals surface area contributed by atoms with Crippen molar-refractivity contribution in [3.05, 3.63) is 23.5 Å². The van der Waals surface area contributed by atoms with Crippen LogP contribution in [0.3, 0.4) is 0 Å². The third-order valence-electron chi connectivity index (χ3n) is 4.56. The minimum absolute atomic E-state index is 0.136. The number of ketones is 1. The molecule has 6 nitrogen and oxygen atoms in total. The molecule has 0 saturated heterocycles. The van der Waals surface area contributed by atoms with Gasteiger partial charge in [-0.15, -0.1) is 0 Å². The molecule has 0 aromatic carbocycles. The number of esters is 1. The fourth-order valence-corrected chi connectivity index (χ4v) is 2.86. The summed E-state index contributed by atoms with van der Waals surface area (Å²) in [5.74, 6) is -0.244. The lowest BCUT2D eigenvalue weighted by atomic mass is 9.87. The first-order valence-electron chi connectivity index (χ1n) is 8.00. The lowest BCUT2D eigenvalue weighted by Crippen LogP contribution is -2.41. The number of H-pyrrole nitrogens is 1. The van der Waals surface area contributed by atoms with Gasteiger partial charge < -0.3 is 14.6 Å². The Morgan fingerprint density at radius 3 is 2.48 bits per heavy atom. The van der Waals surface area contributed by atoms with Gasteiger partial charge in [-0.25, -0.2) is 4.79 Å². The fraction of sp³-hybridized carbons (Fsp3) is 0.588. The second-order valence-corrected chi connectivity index (χ2v) is 6.35. The predicted octanol–water partition coefficient (Wildman–Crippen LogP) is 2.41. The Morgan fingerprint density at radius 2 is 1.91 bits per heavy atom. The highest BCUT2D eigenvalue weighted by Gasteiger charge is 2.25. The van der Waals surface area contributed by atoms with Crippen molar-refractivity contribution < 1.29 is 19.1 Å². The maximum Gasteiger partial charge on any atom is 0.355 e. The molecule has 1 fully saturated rings. The molecule has 6 heteroatoms. The third-order valence-corrected chi connectivity index (χ3v) is 4.56. The van der Waals surface area contributed by atoms with Gasteiger partial charge in [0.25, 0.3) is 5.91 Å². The van der Waals surface area contributed by atoms with Gasteiger partial charge in [-0.1, -0.05) is 6.92 Å². The molecule has 1 aliphatic rings. The number of hydrogen-bond donors (Lipinski definition) is 1. The molecule has 1 heterocycles. The fourth-order valence-electron chi connectivity index (χ4n) is 2.86. The molecule has 0 atom stereocenters. The summed E-state index contributed by atoms with van der Waals surface area (Å²) in [6, 6.07) is 1.66. The highest BCUT2D eigenvalue weighted by atomic mass is 16.5. The van der Waals surface area contributed by atoms with Crippen LogP contribution in [0.2, 0.25) is 0 Å². The maximum atomic E-state index is 12.2. The Labute approximate surface area is 136 Å². The van der Waals surface area contributed by atoms with Gasteiger partial charge in [0.2, 0.25) is 0 Å². The minimum atomic E-state index is -0.628. The summed E-state index contributed by atoms with van der Waals surface area (Å²) in [5, 5.41) is 0. The highest BCUT2D eigenvalue weighted by Crippen LogP contribution is 2.26. The summed E-state index contributed by atoms with van der Waals surface area (Å²) in [4.78, 5) is 39.6. The van der Waals surface area contributed by atoms with Crippen molar-refractivity contribution in [1.29, 1.82) is 0 Å². The van der Waals surface area contributed by atoms with Crippen LogP contribution in [0.15, 0.2) is 12.3 Å². The van der Waals surface area contributed by atoms with Crippen LogP contribution in [0.1, 0.15) is 60.4 Å². The number of carbonyl (C=O) groups excluding carboxylic acids is 3. The molecular weight excluding hydrogens is 296 g/mol. The SMILES string of the molecule is CC(=O)c1c[nH]c(C(=O)OCC(=O)N(C)C2CCC(C)CC2)c1. The molecule has 0 unspecified atom stereocenters. The molecule has 1 N–H and O–H groups in total. The van der Waals surface area contributed by atoms with E-state index in [2.05, 4.69) is 11.9 Å². The average Bonchev–Trinajstić information content (AvgIpc) is 3.02. The molecule has 1 aromatic rings.